The maximum absolute atomic E-state index is 9.65. The number of nitrogens with two attached hydrogens (primary N) is 1. The van der Waals surface area contributed by atoms with E-state index in [4.69, 9.17) is 10.5 Å². The van der Waals surface area contributed by atoms with Gasteiger partial charge in [0.05, 0.1) is 31.6 Å². The van der Waals surface area contributed by atoms with Crippen LogP contribution in [0, 0.1) is 20.8 Å². The van der Waals surface area contributed by atoms with E-state index in [2.05, 4.69) is 15.0 Å². The van der Waals surface area contributed by atoms with Crippen LogP contribution in [0.1, 0.15) is 28.1 Å². The molecule has 0 unspecified atom stereocenters. The monoisotopic (exact) mass is 327 g/mol. The first-order valence-electron chi connectivity index (χ1n) is 7.68. The molecule has 24 heavy (non-hydrogen) atoms. The van der Waals surface area contributed by atoms with Crippen LogP contribution in [-0.4, -0.2) is 31.7 Å². The normalized spacial score (nSPS) is 11.2. The number of methoxy groups -OCH3 is 1. The third kappa shape index (κ3) is 2.56. The van der Waals surface area contributed by atoms with Crippen molar-refractivity contribution in [2.75, 3.05) is 12.8 Å². The summed E-state index contributed by atoms with van der Waals surface area (Å²) in [5.41, 5.74) is 10.9. The summed E-state index contributed by atoms with van der Waals surface area (Å²) in [4.78, 5) is 13.1. The van der Waals surface area contributed by atoms with Gasteiger partial charge in [0.1, 0.15) is 11.4 Å². The number of pyridine rings is 1. The maximum atomic E-state index is 9.65. The average molecular weight is 327 g/mol. The molecule has 0 saturated heterocycles. The highest BCUT2D eigenvalue weighted by molar-refractivity contribution is 5.83. The molecule has 0 atom stereocenters. The zero-order chi connectivity index (χ0) is 17.4. The molecule has 0 spiro atoms. The van der Waals surface area contributed by atoms with E-state index in [0.717, 1.165) is 39.2 Å². The second kappa shape index (κ2) is 6.09. The van der Waals surface area contributed by atoms with Crippen LogP contribution in [0.5, 0.6) is 5.75 Å². The van der Waals surface area contributed by atoms with E-state index >= 15 is 0 Å². The van der Waals surface area contributed by atoms with Crippen molar-refractivity contribution < 1.29 is 9.84 Å². The van der Waals surface area contributed by atoms with Gasteiger partial charge in [0.25, 0.3) is 0 Å². The molecule has 0 fully saturated rings. The Kier molecular flexibility index (Phi) is 4.11. The molecule has 126 valence electrons. The second-order valence-corrected chi connectivity index (χ2v) is 5.85. The van der Waals surface area contributed by atoms with E-state index < -0.39 is 0 Å². The predicted molar refractivity (Wildman–Crippen MR) is 92.0 cm³/mol. The molecule has 0 aliphatic rings. The number of hydrogen-bond acceptors (Lipinski definition) is 6. The van der Waals surface area contributed by atoms with E-state index in [1.807, 2.05) is 31.5 Å². The summed E-state index contributed by atoms with van der Waals surface area (Å²) in [7, 11) is 1.66. The zero-order valence-electron chi connectivity index (χ0n) is 14.3. The number of aliphatic hydroxyl groups is 1. The molecule has 0 aromatic carbocycles. The topological polar surface area (TPSA) is 99.1 Å². The predicted octanol–water partition coefficient (Wildman–Crippen LogP) is 1.88. The SMILES string of the molecule is COc1c(C)cnc(Cn2cc(CO)c3c(C)nc(N)nc32)c1C. The van der Waals surface area contributed by atoms with Crippen LogP contribution in [-0.2, 0) is 13.2 Å². The van der Waals surface area contributed by atoms with Crippen molar-refractivity contribution in [1.82, 2.24) is 19.5 Å². The Morgan fingerprint density at radius 1 is 1.25 bits per heavy atom. The highest BCUT2D eigenvalue weighted by Crippen LogP contribution is 2.27. The van der Waals surface area contributed by atoms with Gasteiger partial charge in [-0.3, -0.25) is 4.98 Å². The minimum absolute atomic E-state index is 0.0821. The Bertz CT molecular complexity index is 917. The Hall–Kier alpha value is -2.67. The molecule has 0 bridgehead atoms. The van der Waals surface area contributed by atoms with Gasteiger partial charge in [0.15, 0.2) is 0 Å². The van der Waals surface area contributed by atoms with E-state index in [-0.39, 0.29) is 12.6 Å². The number of aryl methyl sites for hydroxylation is 2. The third-order valence-electron chi connectivity index (χ3n) is 4.23. The summed E-state index contributed by atoms with van der Waals surface area (Å²) in [5.74, 6) is 1.05. The van der Waals surface area contributed by atoms with Crippen molar-refractivity contribution in [2.24, 2.45) is 0 Å². The van der Waals surface area contributed by atoms with Crippen molar-refractivity contribution >= 4 is 17.0 Å². The quantitative estimate of drug-likeness (QED) is 0.759. The highest BCUT2D eigenvalue weighted by Gasteiger charge is 2.16. The van der Waals surface area contributed by atoms with Gasteiger partial charge in [-0.15, -0.1) is 0 Å². The molecule has 0 amide bonds. The molecule has 3 aromatic heterocycles. The first-order chi connectivity index (χ1) is 11.5. The summed E-state index contributed by atoms with van der Waals surface area (Å²) >= 11 is 0. The summed E-state index contributed by atoms with van der Waals surface area (Å²) in [6, 6.07) is 0. The zero-order valence-corrected chi connectivity index (χ0v) is 14.3. The molecule has 7 nitrogen and oxygen atoms in total. The molecule has 3 aromatic rings. The Labute approximate surface area is 140 Å². The van der Waals surface area contributed by atoms with E-state index in [9.17, 15) is 5.11 Å². The van der Waals surface area contributed by atoms with E-state index in [1.165, 1.54) is 0 Å². The molecule has 3 N–H and O–H groups in total. The van der Waals surface area contributed by atoms with Gasteiger partial charge in [-0.2, -0.15) is 4.98 Å². The number of ether oxygens (including phenoxy) is 1. The third-order valence-corrected chi connectivity index (χ3v) is 4.23. The lowest BCUT2D eigenvalue weighted by Gasteiger charge is -2.13. The smallest absolute Gasteiger partial charge is 0.222 e. The number of nitrogens with zero attached hydrogens (tertiary/aromatic N) is 4. The summed E-state index contributed by atoms with van der Waals surface area (Å²) in [6.45, 7) is 6.24. The maximum Gasteiger partial charge on any atom is 0.222 e. The second-order valence-electron chi connectivity index (χ2n) is 5.85. The number of hydrogen-bond donors (Lipinski definition) is 2. The lowest BCUT2D eigenvalue weighted by molar-refractivity contribution is 0.283. The molecule has 3 heterocycles. The Morgan fingerprint density at radius 2 is 2.00 bits per heavy atom. The number of anilines is 1. The first-order valence-corrected chi connectivity index (χ1v) is 7.68. The minimum atomic E-state index is -0.0821. The number of aromatic nitrogens is 4. The van der Waals surface area contributed by atoms with Gasteiger partial charge < -0.3 is 20.1 Å². The first kappa shape index (κ1) is 16.2. The fourth-order valence-electron chi connectivity index (χ4n) is 3.11. The minimum Gasteiger partial charge on any atom is -0.496 e. The van der Waals surface area contributed by atoms with Crippen LogP contribution < -0.4 is 10.5 Å². The molecule has 0 aliphatic carbocycles. The summed E-state index contributed by atoms with van der Waals surface area (Å²) in [6.07, 6.45) is 3.67. The van der Waals surface area contributed by atoms with Gasteiger partial charge in [0.2, 0.25) is 5.95 Å². The number of nitrogen functional groups attached to an aromatic ring is 1. The Balaban J connectivity index is 2.15. The van der Waals surface area contributed by atoms with E-state index in [0.29, 0.717) is 12.2 Å². The van der Waals surface area contributed by atoms with Crippen LogP contribution in [0.25, 0.3) is 11.0 Å². The fourth-order valence-corrected chi connectivity index (χ4v) is 3.11. The lowest BCUT2D eigenvalue weighted by atomic mass is 10.1. The van der Waals surface area contributed by atoms with Gasteiger partial charge in [-0.25, -0.2) is 4.98 Å². The summed E-state index contributed by atoms with van der Waals surface area (Å²) in [5, 5.41) is 10.5. The fraction of sp³-hybridized carbons (Fsp3) is 0.353. The van der Waals surface area contributed by atoms with Gasteiger partial charge in [-0.05, 0) is 20.8 Å². The van der Waals surface area contributed by atoms with Crippen LogP contribution in [0.3, 0.4) is 0 Å². The Morgan fingerprint density at radius 3 is 2.67 bits per heavy atom. The molecule has 0 radical (unpaired) electrons. The molecular formula is C17H21N5O2. The highest BCUT2D eigenvalue weighted by atomic mass is 16.5. The van der Waals surface area contributed by atoms with Crippen molar-refractivity contribution in [3.8, 4) is 5.75 Å². The van der Waals surface area contributed by atoms with Crippen LogP contribution in [0.4, 0.5) is 5.95 Å². The van der Waals surface area contributed by atoms with Crippen LogP contribution in [0.15, 0.2) is 12.4 Å². The molecule has 0 saturated carbocycles. The van der Waals surface area contributed by atoms with Crippen molar-refractivity contribution in [2.45, 2.75) is 33.9 Å². The molecular weight excluding hydrogens is 306 g/mol. The number of rotatable bonds is 4. The number of fused-ring (bicyclic) bond motifs is 1. The molecule has 7 heteroatoms. The van der Waals surface area contributed by atoms with Crippen LogP contribution >= 0.6 is 0 Å². The van der Waals surface area contributed by atoms with Crippen molar-refractivity contribution in [3.63, 3.8) is 0 Å². The van der Waals surface area contributed by atoms with Gasteiger partial charge >= 0.3 is 0 Å². The van der Waals surface area contributed by atoms with Gasteiger partial charge in [0, 0.05) is 34.5 Å². The average Bonchev–Trinajstić information content (AvgIpc) is 2.88. The van der Waals surface area contributed by atoms with Crippen LogP contribution in [0.2, 0.25) is 0 Å². The molecule has 3 rings (SSSR count). The van der Waals surface area contributed by atoms with Crippen molar-refractivity contribution in [3.05, 3.63) is 40.5 Å². The molecule has 0 aliphatic heterocycles. The lowest BCUT2D eigenvalue weighted by Crippen LogP contribution is -2.07. The van der Waals surface area contributed by atoms with Crippen molar-refractivity contribution in [1.29, 1.82) is 0 Å². The number of aliphatic hydroxyl groups excluding tert-OH is 1. The summed E-state index contributed by atoms with van der Waals surface area (Å²) < 4.78 is 7.41. The van der Waals surface area contributed by atoms with Gasteiger partial charge in [-0.1, -0.05) is 0 Å². The largest absolute Gasteiger partial charge is 0.496 e. The van der Waals surface area contributed by atoms with E-state index in [1.54, 1.807) is 13.3 Å². The standard InChI is InChI=1S/C17H21N5O2/c1-9-5-19-13(10(2)15(9)24-4)7-22-6-12(8-23)14-11(3)20-17(18)21-16(14)22/h5-6,23H,7-8H2,1-4H3,(H2,18,20,21).